The highest BCUT2D eigenvalue weighted by atomic mass is 32.2. The maximum absolute atomic E-state index is 14.8. The molecule has 0 aliphatic carbocycles. The Kier molecular flexibility index (Phi) is 16.5. The van der Waals surface area contributed by atoms with Gasteiger partial charge in [-0.2, -0.15) is 11.8 Å². The van der Waals surface area contributed by atoms with Crippen molar-refractivity contribution >= 4 is 64.4 Å². The van der Waals surface area contributed by atoms with Crippen molar-refractivity contribution in [3.63, 3.8) is 0 Å². The molecule has 5 N–H and O–H groups in total. The Morgan fingerprint density at radius 1 is 1.02 bits per heavy atom. The highest BCUT2D eigenvalue weighted by Crippen LogP contribution is 2.29. The molecule has 0 radical (unpaired) electrons. The molecule has 2 aromatic rings. The summed E-state index contributed by atoms with van der Waals surface area (Å²) in [7, 11) is 1.27. The van der Waals surface area contributed by atoms with Gasteiger partial charge >= 0.3 is 5.97 Å². The van der Waals surface area contributed by atoms with Crippen molar-refractivity contribution in [1.29, 1.82) is 0 Å². The number of methoxy groups -OCH3 is 1. The minimum absolute atomic E-state index is 0.121. The van der Waals surface area contributed by atoms with Gasteiger partial charge in [-0.15, -0.1) is 11.3 Å². The number of benzene rings is 1. The number of thioether (sulfide) groups is 1. The van der Waals surface area contributed by atoms with E-state index in [-0.39, 0.29) is 36.5 Å². The number of amides is 5. The maximum atomic E-state index is 14.8. The van der Waals surface area contributed by atoms with Crippen LogP contribution in [0.5, 0.6) is 0 Å². The number of carbonyl (C=O) groups is 6. The van der Waals surface area contributed by atoms with E-state index in [1.165, 1.54) is 18.4 Å². The molecule has 0 unspecified atom stereocenters. The first kappa shape index (κ1) is 47.2. The van der Waals surface area contributed by atoms with Crippen LogP contribution in [-0.4, -0.2) is 114 Å². The lowest BCUT2D eigenvalue weighted by atomic mass is 9.82. The van der Waals surface area contributed by atoms with Gasteiger partial charge in [0, 0.05) is 24.0 Å². The fraction of sp³-hybridized carbons (Fsp3) is 0.619. The van der Waals surface area contributed by atoms with E-state index in [0.29, 0.717) is 30.1 Å². The Hall–Kier alpha value is -4.51. The Labute approximate surface area is 356 Å². The van der Waals surface area contributed by atoms with Gasteiger partial charge in [0.25, 0.3) is 0 Å². The Morgan fingerprint density at radius 2 is 1.71 bits per heavy atom. The summed E-state index contributed by atoms with van der Waals surface area (Å²) in [6.45, 7) is 15.1. The van der Waals surface area contributed by atoms with E-state index in [2.05, 4.69) is 31.6 Å². The van der Waals surface area contributed by atoms with Crippen LogP contribution in [0.2, 0.25) is 0 Å². The molecule has 59 heavy (non-hydrogen) atoms. The number of nitrogens with zero attached hydrogens (tertiary/aromatic N) is 3. The van der Waals surface area contributed by atoms with Gasteiger partial charge in [-0.3, -0.25) is 33.8 Å². The fourth-order valence-electron chi connectivity index (χ4n) is 7.33. The van der Waals surface area contributed by atoms with Crippen LogP contribution < -0.4 is 26.6 Å². The van der Waals surface area contributed by atoms with E-state index in [0.717, 1.165) is 5.56 Å². The van der Waals surface area contributed by atoms with Gasteiger partial charge in [0.05, 0.1) is 25.6 Å². The van der Waals surface area contributed by atoms with Crippen LogP contribution in [0.3, 0.4) is 0 Å². The molecule has 15 nitrogen and oxygen atoms in total. The monoisotopic (exact) mass is 854 g/mol. The number of fused-ring (bicyclic) bond motifs is 1. The number of thiazole rings is 1. The van der Waals surface area contributed by atoms with E-state index in [1.54, 1.807) is 28.2 Å². The zero-order valence-electron chi connectivity index (χ0n) is 35.9. The zero-order chi connectivity index (χ0) is 43.7. The Morgan fingerprint density at radius 3 is 2.31 bits per heavy atom. The number of rotatable bonds is 13. The fourth-order valence-corrected chi connectivity index (χ4v) is 8.50. The largest absolute Gasteiger partial charge is 0.469 e. The van der Waals surface area contributed by atoms with Crippen molar-refractivity contribution in [3.05, 3.63) is 52.5 Å². The quantitative estimate of drug-likeness (QED) is 0.186. The number of nitrogens with one attached hydrogen (secondary N) is 5. The number of amidine groups is 1. The molecule has 2 aliphatic rings. The van der Waals surface area contributed by atoms with Crippen molar-refractivity contribution in [2.45, 2.75) is 117 Å². The SMILES string of the molecule is COC(=O)C[C@@H](NC(=O)[C@@H](NC(=O)[C@@H](NC1=NCC(=O)N2CC[C@@H](C)[C@H]2C(=O)N[C@@H](CCSC)C(=O)N[C@H]1C(C)(C)C)C(C)(C)C)[C@@H](C)c1ccccc1)c1nccs1. The number of ether oxygens (including phenoxy) is 1. The molecule has 1 aromatic carbocycles. The third-order valence-electron chi connectivity index (χ3n) is 10.8. The molecule has 4 rings (SSSR count). The van der Waals surface area contributed by atoms with Crippen LogP contribution in [0.25, 0.3) is 0 Å². The second kappa shape index (κ2) is 20.6. The van der Waals surface area contributed by atoms with Crippen LogP contribution in [-0.2, 0) is 33.5 Å². The van der Waals surface area contributed by atoms with E-state index in [4.69, 9.17) is 9.73 Å². The van der Waals surface area contributed by atoms with E-state index < -0.39 is 76.7 Å². The molecule has 17 heteroatoms. The van der Waals surface area contributed by atoms with Crippen LogP contribution >= 0.6 is 23.1 Å². The first-order valence-corrected chi connectivity index (χ1v) is 22.4. The van der Waals surface area contributed by atoms with Crippen molar-refractivity contribution < 1.29 is 33.5 Å². The summed E-state index contributed by atoms with van der Waals surface area (Å²) in [5, 5.41) is 17.7. The second-order valence-corrected chi connectivity index (χ2v) is 19.4. The number of aliphatic imine (C=N–C) groups is 1. The average molecular weight is 855 g/mol. The van der Waals surface area contributed by atoms with Gasteiger partial charge in [0.2, 0.25) is 29.5 Å². The summed E-state index contributed by atoms with van der Waals surface area (Å²) in [4.78, 5) is 94.1. The van der Waals surface area contributed by atoms with Crippen molar-refractivity contribution in [2.75, 3.05) is 32.2 Å². The summed E-state index contributed by atoms with van der Waals surface area (Å²) in [6, 6.07) is 3.88. The number of carbonyl (C=O) groups excluding carboxylic acids is 6. The molecular formula is C42H62N8O7S2. The lowest BCUT2D eigenvalue weighted by molar-refractivity contribution is -0.141. The smallest absolute Gasteiger partial charge is 0.308 e. The molecule has 324 valence electrons. The van der Waals surface area contributed by atoms with Crippen molar-refractivity contribution in [2.24, 2.45) is 21.7 Å². The molecule has 1 aromatic heterocycles. The van der Waals surface area contributed by atoms with Crippen LogP contribution in [0.15, 0.2) is 46.9 Å². The minimum atomic E-state index is -1.12. The standard InChI is InChI=1S/C42H62N8O7S2/c1-24-16-19-50-29(51)23-44-35(33(41(3,4)5)49-36(53)27(17-20-58-10)45-38(55)32(24)50)48-34(42(6,7)8)39(56)47-31(25(2)26-14-12-11-13-15-26)37(54)46-28(22-30(52)57-9)40-43-18-21-59-40/h11-15,18,21,24-25,27-28,31-34H,16-17,19-20,22-23H2,1-10H3,(H,44,48)(H,45,55)(H,46,54)(H,47,56)(H,49,53)/t24-,25+,27+,28-,31+,32+,33-,34-/m1/s1. The molecule has 5 amide bonds. The highest BCUT2D eigenvalue weighted by molar-refractivity contribution is 7.98. The molecular weight excluding hydrogens is 793 g/mol. The summed E-state index contributed by atoms with van der Waals surface area (Å²) in [5.41, 5.74) is -0.703. The number of aromatic nitrogens is 1. The van der Waals surface area contributed by atoms with Gasteiger partial charge in [0.1, 0.15) is 41.6 Å². The third kappa shape index (κ3) is 12.5. The summed E-state index contributed by atoms with van der Waals surface area (Å²) < 4.78 is 4.91. The topological polar surface area (TPSA) is 200 Å². The van der Waals surface area contributed by atoms with E-state index in [1.807, 2.05) is 92.0 Å². The van der Waals surface area contributed by atoms with Gasteiger partial charge in [-0.05, 0) is 47.2 Å². The Bertz CT molecular complexity index is 1810. The number of esters is 1. The summed E-state index contributed by atoms with van der Waals surface area (Å²) >= 11 is 2.83. The molecule has 1 saturated heterocycles. The first-order valence-electron chi connectivity index (χ1n) is 20.1. The normalized spacial score (nSPS) is 22.5. The van der Waals surface area contributed by atoms with Crippen molar-refractivity contribution in [1.82, 2.24) is 36.5 Å². The molecule has 0 spiro atoms. The molecule has 0 saturated carbocycles. The summed E-state index contributed by atoms with van der Waals surface area (Å²) in [5.74, 6) is -2.55. The van der Waals surface area contributed by atoms with E-state index in [9.17, 15) is 28.8 Å². The number of hydrogen-bond acceptors (Lipinski definition) is 12. The van der Waals surface area contributed by atoms with Gasteiger partial charge < -0.3 is 36.2 Å². The van der Waals surface area contributed by atoms with Gasteiger partial charge in [-0.1, -0.05) is 85.7 Å². The van der Waals surface area contributed by atoms with Crippen molar-refractivity contribution in [3.8, 4) is 0 Å². The number of hydrogen-bond donors (Lipinski definition) is 5. The predicted octanol–water partition coefficient (Wildman–Crippen LogP) is 3.57. The zero-order valence-corrected chi connectivity index (χ0v) is 37.6. The highest BCUT2D eigenvalue weighted by Gasteiger charge is 2.44. The van der Waals surface area contributed by atoms with Gasteiger partial charge in [0.15, 0.2) is 0 Å². The van der Waals surface area contributed by atoms with Crippen LogP contribution in [0.4, 0.5) is 0 Å². The predicted molar refractivity (Wildman–Crippen MR) is 231 cm³/mol. The second-order valence-electron chi connectivity index (χ2n) is 17.5. The van der Waals surface area contributed by atoms with Crippen LogP contribution in [0.1, 0.15) is 97.2 Å². The summed E-state index contributed by atoms with van der Waals surface area (Å²) in [6.07, 6.45) is 4.33. The molecule has 1 fully saturated rings. The third-order valence-corrected chi connectivity index (χ3v) is 12.4. The maximum Gasteiger partial charge on any atom is 0.308 e. The molecule has 8 atom stereocenters. The lowest BCUT2D eigenvalue weighted by Crippen LogP contribution is -2.64. The van der Waals surface area contributed by atoms with Gasteiger partial charge in [-0.25, -0.2) is 4.98 Å². The first-order chi connectivity index (χ1) is 27.8. The lowest BCUT2D eigenvalue weighted by Gasteiger charge is -2.39. The minimum Gasteiger partial charge on any atom is -0.469 e. The van der Waals surface area contributed by atoms with Crippen LogP contribution in [0, 0.1) is 16.7 Å². The average Bonchev–Trinajstić information content (AvgIpc) is 3.86. The molecule has 0 bridgehead atoms. The molecule has 2 aliphatic heterocycles. The van der Waals surface area contributed by atoms with E-state index >= 15 is 0 Å². The molecule has 3 heterocycles. The Balaban J connectivity index is 1.75.